The third-order valence-electron chi connectivity index (χ3n) is 5.95. The summed E-state index contributed by atoms with van der Waals surface area (Å²) in [6.07, 6.45) is -1.55. The van der Waals surface area contributed by atoms with Gasteiger partial charge >= 0.3 is 18.9 Å². The molecule has 0 aliphatic heterocycles. The predicted molar refractivity (Wildman–Crippen MR) is 156 cm³/mol. The Morgan fingerprint density at radius 2 is 1.16 bits per heavy atom. The topological polar surface area (TPSA) is 72.5 Å². The quantitative estimate of drug-likeness (QED) is 0.162. The molecule has 7 nitrogen and oxygen atoms in total. The van der Waals surface area contributed by atoms with Crippen molar-refractivity contribution in [2.24, 2.45) is 0 Å². The van der Waals surface area contributed by atoms with Crippen molar-refractivity contribution in [1.82, 2.24) is 0 Å². The molecule has 0 fully saturated rings. The molecule has 208 valence electrons. The second-order valence-corrected chi connectivity index (χ2v) is 10.0. The summed E-state index contributed by atoms with van der Waals surface area (Å²) in [6, 6.07) is 5.59. The van der Waals surface area contributed by atoms with Crippen LogP contribution in [0.1, 0.15) is 74.2 Å². The van der Waals surface area contributed by atoms with Crippen LogP contribution in [-0.4, -0.2) is 63.1 Å². The van der Waals surface area contributed by atoms with Crippen LogP contribution in [0.2, 0.25) is 0 Å². The monoisotopic (exact) mass is 542 g/mol. The van der Waals surface area contributed by atoms with Gasteiger partial charge in [0, 0.05) is 37.5 Å². The minimum atomic E-state index is -0.537. The van der Waals surface area contributed by atoms with Crippen molar-refractivity contribution >= 4 is 38.3 Å². The zero-order valence-electron chi connectivity index (χ0n) is 23.9. The van der Waals surface area contributed by atoms with E-state index in [0.717, 1.165) is 22.3 Å². The molecular weight excluding hydrogens is 498 g/mol. The van der Waals surface area contributed by atoms with E-state index in [4.69, 9.17) is 28.4 Å². The van der Waals surface area contributed by atoms with E-state index >= 15 is 0 Å². The molecule has 0 bridgehead atoms. The fraction of sp³-hybridized carbons (Fsp3) is 0.552. The predicted octanol–water partition coefficient (Wildman–Crippen LogP) is 5.70. The van der Waals surface area contributed by atoms with E-state index < -0.39 is 18.9 Å². The maximum atomic E-state index is 13.8. The first-order valence-corrected chi connectivity index (χ1v) is 13.9. The van der Waals surface area contributed by atoms with Crippen molar-refractivity contribution in [3.05, 3.63) is 46.0 Å². The molecule has 0 aromatic heterocycles. The molecule has 0 amide bonds. The molecule has 4 unspecified atom stereocenters. The molecule has 2 aromatic rings. The van der Waals surface area contributed by atoms with E-state index in [2.05, 4.69) is 13.0 Å². The van der Waals surface area contributed by atoms with Crippen LogP contribution in [0.15, 0.2) is 18.2 Å². The van der Waals surface area contributed by atoms with Crippen molar-refractivity contribution in [3.63, 3.8) is 0 Å². The molecule has 9 heteroatoms. The van der Waals surface area contributed by atoms with Gasteiger partial charge in [0.05, 0.1) is 5.30 Å². The Labute approximate surface area is 242 Å². The molecule has 0 aliphatic carbocycles. The summed E-state index contributed by atoms with van der Waals surface area (Å²) in [7, 11) is -0.252. The number of ether oxygens (including phenoxy) is 6. The van der Waals surface area contributed by atoms with Gasteiger partial charge in [0.15, 0.2) is 24.4 Å². The molecule has 0 aliphatic rings. The summed E-state index contributed by atoms with van der Waals surface area (Å²) in [5.41, 5.74) is 4.99. The van der Waals surface area contributed by atoms with Crippen molar-refractivity contribution in [2.75, 3.05) is 19.8 Å². The second kappa shape index (κ2) is 16.5. The summed E-state index contributed by atoms with van der Waals surface area (Å²) in [4.78, 5) is 13.8. The van der Waals surface area contributed by atoms with Crippen molar-refractivity contribution in [2.45, 2.75) is 88.1 Å². The molecule has 2 rings (SSSR count). The molecule has 38 heavy (non-hydrogen) atoms. The molecule has 0 saturated heterocycles. The van der Waals surface area contributed by atoms with Gasteiger partial charge in [-0.25, -0.2) is 0 Å². The fourth-order valence-electron chi connectivity index (χ4n) is 4.11. The zero-order valence-corrected chi connectivity index (χ0v) is 24.9. The van der Waals surface area contributed by atoms with E-state index in [9.17, 15) is 4.79 Å². The molecule has 0 spiro atoms. The average molecular weight is 543 g/mol. The van der Waals surface area contributed by atoms with Crippen LogP contribution in [0.25, 0.3) is 0 Å². The van der Waals surface area contributed by atoms with Crippen LogP contribution in [0, 0.1) is 27.7 Å². The van der Waals surface area contributed by atoms with Gasteiger partial charge < -0.3 is 28.4 Å². The summed E-state index contributed by atoms with van der Waals surface area (Å²) >= 11 is 0. The van der Waals surface area contributed by atoms with E-state index in [1.807, 2.05) is 62.3 Å². The molecular formula is C29H44LiO7P. The van der Waals surface area contributed by atoms with Gasteiger partial charge in [-0.1, -0.05) is 6.07 Å². The number of carbonyl (C=O) groups excluding carboxylic acids is 1. The Balaban J connectivity index is 0.00000722. The van der Waals surface area contributed by atoms with Gasteiger partial charge in [0.25, 0.3) is 0 Å². The standard InChI is InChI=1S/C29H43O7P.Li.H/c1-11-31-21(8)34-24-15-25(35-22(9)32-12-2)28(26(16-24)36-23(10)33-13-3)37-29(30)27-18(5)14-17(4)19(6)20(27)7;;/h14-16,21-23,37H,11-13H2,1-10H3;;. The minimum absolute atomic E-state index is 0. The van der Waals surface area contributed by atoms with Crippen LogP contribution in [-0.2, 0) is 14.2 Å². The van der Waals surface area contributed by atoms with Gasteiger partial charge in [0.1, 0.15) is 17.2 Å². The first-order valence-electron chi connectivity index (χ1n) is 12.9. The normalized spacial score (nSPS) is 13.6. The Bertz CT molecular complexity index is 1020. The first-order chi connectivity index (χ1) is 17.5. The third kappa shape index (κ3) is 9.56. The summed E-state index contributed by atoms with van der Waals surface area (Å²) < 4.78 is 35.2. The van der Waals surface area contributed by atoms with Gasteiger partial charge in [-0.05, 0) is 100 Å². The van der Waals surface area contributed by atoms with Crippen LogP contribution in [0.5, 0.6) is 17.2 Å². The average Bonchev–Trinajstić information content (AvgIpc) is 2.80. The van der Waals surface area contributed by atoms with Crippen LogP contribution >= 0.6 is 8.58 Å². The number of rotatable bonds is 15. The Morgan fingerprint density at radius 3 is 1.61 bits per heavy atom. The van der Waals surface area contributed by atoms with Gasteiger partial charge in [-0.3, -0.25) is 4.79 Å². The van der Waals surface area contributed by atoms with E-state index in [1.165, 1.54) is 5.56 Å². The zero-order chi connectivity index (χ0) is 27.7. The van der Waals surface area contributed by atoms with Crippen LogP contribution < -0.4 is 19.5 Å². The van der Waals surface area contributed by atoms with Gasteiger partial charge in [-0.15, -0.1) is 0 Å². The summed E-state index contributed by atoms with van der Waals surface area (Å²) in [5.74, 6) is 1.43. The Hall–Kier alpha value is -1.58. The number of aryl methyl sites for hydroxylation is 2. The fourth-order valence-corrected chi connectivity index (χ4v) is 5.35. The summed E-state index contributed by atoms with van der Waals surface area (Å²) in [6.45, 7) is 20.7. The van der Waals surface area contributed by atoms with Crippen molar-refractivity contribution < 1.29 is 33.2 Å². The third-order valence-corrected chi connectivity index (χ3v) is 7.17. The first kappa shape index (κ1) is 34.4. The molecule has 0 radical (unpaired) electrons. The van der Waals surface area contributed by atoms with E-state index in [0.29, 0.717) is 42.4 Å². The number of carbonyl (C=O) groups is 1. The van der Waals surface area contributed by atoms with Crippen molar-refractivity contribution in [3.8, 4) is 17.2 Å². The second-order valence-electron chi connectivity index (χ2n) is 8.81. The summed E-state index contributed by atoms with van der Waals surface area (Å²) in [5, 5.41) is 0.636. The molecule has 0 N–H and O–H groups in total. The molecule has 2 aromatic carbocycles. The SMILES string of the molecule is CCOC(C)Oc1cc(OC(C)OCC)c(PC(=O)c2c(C)cc(C)c(C)c2C)c(OC(C)OCC)c1.[LiH]. The van der Waals surface area contributed by atoms with Crippen LogP contribution in [0.3, 0.4) is 0 Å². The molecule has 0 saturated carbocycles. The number of hydrogen-bond donors (Lipinski definition) is 0. The van der Waals surface area contributed by atoms with E-state index in [-0.39, 0.29) is 33.0 Å². The molecule has 4 atom stereocenters. The molecule has 0 heterocycles. The van der Waals surface area contributed by atoms with Gasteiger partial charge in [-0.2, -0.15) is 0 Å². The Morgan fingerprint density at radius 1 is 0.711 bits per heavy atom. The van der Waals surface area contributed by atoms with Crippen LogP contribution in [0.4, 0.5) is 0 Å². The maximum absolute atomic E-state index is 13.8. The number of hydrogen-bond acceptors (Lipinski definition) is 7. The number of benzene rings is 2. The van der Waals surface area contributed by atoms with E-state index in [1.54, 1.807) is 12.1 Å². The van der Waals surface area contributed by atoms with Crippen molar-refractivity contribution in [1.29, 1.82) is 0 Å². The Kier molecular flexibility index (Phi) is 15.0. The van der Waals surface area contributed by atoms with Gasteiger partial charge in [0.2, 0.25) is 0 Å².